The van der Waals surface area contributed by atoms with Crippen LogP contribution in [0.25, 0.3) is 5.69 Å². The van der Waals surface area contributed by atoms with Crippen LogP contribution < -0.4 is 5.69 Å². The summed E-state index contributed by atoms with van der Waals surface area (Å²) in [7, 11) is 0. The summed E-state index contributed by atoms with van der Waals surface area (Å²) in [6.07, 6.45) is 6.16. The lowest BCUT2D eigenvalue weighted by Crippen LogP contribution is -2.15. The Morgan fingerprint density at radius 3 is 2.23 bits per heavy atom. The minimum absolute atomic E-state index is 0. The highest BCUT2D eigenvalue weighted by Gasteiger charge is 2.00. The third-order valence-electron chi connectivity index (χ3n) is 2.25. The Labute approximate surface area is 130 Å². The van der Waals surface area contributed by atoms with Gasteiger partial charge in [0.15, 0.2) is 0 Å². The van der Waals surface area contributed by atoms with Gasteiger partial charge in [-0.3, -0.25) is 14.8 Å². The first-order chi connectivity index (χ1) is 10.2. The first-order valence-corrected chi connectivity index (χ1v) is 6.07. The summed E-state index contributed by atoms with van der Waals surface area (Å²) < 4.78 is 1.13. The predicted molar refractivity (Wildman–Crippen MR) is 80.9 cm³/mol. The second-order valence-electron chi connectivity index (χ2n) is 3.64. The fourth-order valence-corrected chi connectivity index (χ4v) is 1.44. The topological polar surface area (TPSA) is 106 Å². The molecule has 0 saturated heterocycles. The van der Waals surface area contributed by atoms with Crippen LogP contribution >= 0.6 is 11.6 Å². The lowest BCUT2D eigenvalue weighted by atomic mass is 10.3. The van der Waals surface area contributed by atoms with E-state index in [1.54, 1.807) is 36.7 Å². The molecule has 1 N–H and O–H groups in total. The van der Waals surface area contributed by atoms with Crippen LogP contribution in [0.2, 0.25) is 0 Å². The minimum Gasteiger partial charge on any atom is -0.276 e. The molecule has 0 fully saturated rings. The number of aromatic amines is 1. The Morgan fingerprint density at radius 2 is 1.82 bits per heavy atom. The van der Waals surface area contributed by atoms with Crippen molar-refractivity contribution in [3.8, 4) is 5.69 Å². The van der Waals surface area contributed by atoms with E-state index in [2.05, 4.69) is 25.5 Å². The molecule has 3 aromatic heterocycles. The highest BCUT2D eigenvalue weighted by Crippen LogP contribution is 1.99. The predicted octanol–water partition coefficient (Wildman–Crippen LogP) is 1.45. The van der Waals surface area contributed by atoms with E-state index in [0.29, 0.717) is 11.3 Å². The first-order valence-electron chi connectivity index (χ1n) is 5.69. The van der Waals surface area contributed by atoms with E-state index in [-0.39, 0.29) is 13.1 Å². The van der Waals surface area contributed by atoms with E-state index in [1.165, 1.54) is 12.4 Å². The molecule has 9 heteroatoms. The Hall–Kier alpha value is -2.87. The van der Waals surface area contributed by atoms with Crippen LogP contribution in [0.3, 0.4) is 0 Å². The highest BCUT2D eigenvalue weighted by molar-refractivity contribution is 6.67. The van der Waals surface area contributed by atoms with Crippen molar-refractivity contribution in [3.63, 3.8) is 0 Å². The van der Waals surface area contributed by atoms with Gasteiger partial charge in [0.05, 0.1) is 17.4 Å². The van der Waals surface area contributed by atoms with E-state index >= 15 is 0 Å². The van der Waals surface area contributed by atoms with E-state index in [1.807, 2.05) is 0 Å². The molecule has 3 heterocycles. The maximum Gasteiger partial charge on any atom is 0.365 e. The van der Waals surface area contributed by atoms with Crippen LogP contribution in [0.5, 0.6) is 0 Å². The largest absolute Gasteiger partial charge is 0.365 e. The number of rotatable bonds is 2. The van der Waals surface area contributed by atoms with Crippen molar-refractivity contribution in [1.29, 1.82) is 0 Å². The average Bonchev–Trinajstić information content (AvgIpc) is 2.96. The van der Waals surface area contributed by atoms with Gasteiger partial charge < -0.3 is 0 Å². The van der Waals surface area contributed by atoms with E-state index in [0.717, 1.165) is 4.68 Å². The van der Waals surface area contributed by atoms with Gasteiger partial charge in [-0.05, 0) is 46.3 Å². The zero-order valence-corrected chi connectivity index (χ0v) is 11.3. The van der Waals surface area contributed by atoms with E-state index < -0.39 is 5.24 Å². The molecule has 0 aromatic carbocycles. The summed E-state index contributed by atoms with van der Waals surface area (Å²) in [6, 6.07) is 6.71. The van der Waals surface area contributed by atoms with E-state index in [4.69, 9.17) is 11.6 Å². The molecule has 0 spiro atoms. The number of halogens is 1. The van der Waals surface area contributed by atoms with Crippen LogP contribution in [-0.4, -0.2) is 35.4 Å². The molecule has 0 saturated carbocycles. The normalized spacial score (nSPS) is 9.14. The zero-order valence-electron chi connectivity index (χ0n) is 10.5. The van der Waals surface area contributed by atoms with Gasteiger partial charge in [-0.1, -0.05) is 7.43 Å². The zero-order chi connectivity index (χ0) is 15.1. The van der Waals surface area contributed by atoms with E-state index in [9.17, 15) is 9.59 Å². The van der Waals surface area contributed by atoms with Crippen LogP contribution in [0, 0.1) is 0 Å². The van der Waals surface area contributed by atoms with Gasteiger partial charge >= 0.3 is 5.69 Å². The number of carbonyl (C=O) groups is 1. The molecular weight excluding hydrogens is 308 g/mol. The molecule has 3 aromatic rings. The molecule has 114 valence electrons. The summed E-state index contributed by atoms with van der Waals surface area (Å²) in [5.74, 6) is 0. The Balaban J connectivity index is 0.000000219. The number of hydrogen-bond donors (Lipinski definition) is 1. The molecule has 0 aliphatic rings. The molecule has 0 aliphatic heterocycles. The average molecular weight is 321 g/mol. The van der Waals surface area contributed by atoms with Crippen LogP contribution in [-0.2, 0) is 0 Å². The van der Waals surface area contributed by atoms with Crippen LogP contribution in [0.15, 0.2) is 53.8 Å². The van der Waals surface area contributed by atoms with Gasteiger partial charge in [0, 0.05) is 18.6 Å². The maximum atomic E-state index is 11.0. The second kappa shape index (κ2) is 8.42. The van der Waals surface area contributed by atoms with Gasteiger partial charge in [-0.25, -0.2) is 9.89 Å². The molecule has 22 heavy (non-hydrogen) atoms. The second-order valence-corrected chi connectivity index (χ2v) is 3.99. The summed E-state index contributed by atoms with van der Waals surface area (Å²) in [5, 5.41) is 8.61. The summed E-state index contributed by atoms with van der Waals surface area (Å²) in [6.45, 7) is 0. The summed E-state index contributed by atoms with van der Waals surface area (Å²) in [5.41, 5.74) is 0.651. The number of nitrogens with zero attached hydrogens (tertiary/aromatic N) is 5. The lowest BCUT2D eigenvalue weighted by molar-refractivity contribution is 0.108. The van der Waals surface area contributed by atoms with Gasteiger partial charge in [0.25, 0.3) is 5.24 Å². The molecule has 0 radical (unpaired) electrons. The lowest BCUT2D eigenvalue weighted by Gasteiger charge is -1.93. The summed E-state index contributed by atoms with van der Waals surface area (Å²) in [4.78, 5) is 28.9. The highest BCUT2D eigenvalue weighted by atomic mass is 35.5. The fourth-order valence-electron chi connectivity index (χ4n) is 1.32. The smallest absolute Gasteiger partial charge is 0.276 e. The molecule has 0 unspecified atom stereocenters. The van der Waals surface area contributed by atoms with Gasteiger partial charge in [0.1, 0.15) is 0 Å². The van der Waals surface area contributed by atoms with Crippen molar-refractivity contribution in [2.45, 2.75) is 7.43 Å². The van der Waals surface area contributed by atoms with Crippen molar-refractivity contribution in [2.24, 2.45) is 0 Å². The molecule has 3 rings (SSSR count). The Morgan fingerprint density at radius 1 is 1.14 bits per heavy atom. The van der Waals surface area contributed by atoms with Gasteiger partial charge in [-0.2, -0.15) is 4.68 Å². The number of hydrogen-bond acceptors (Lipinski definition) is 6. The third kappa shape index (κ3) is 4.60. The minimum atomic E-state index is -0.469. The van der Waals surface area contributed by atoms with Crippen molar-refractivity contribution >= 4 is 16.8 Å². The summed E-state index contributed by atoms with van der Waals surface area (Å²) >= 11 is 5.12. The molecule has 0 bridgehead atoms. The first kappa shape index (κ1) is 17.2. The fraction of sp³-hybridized carbons (Fsp3) is 0.0769. The number of pyridine rings is 2. The molecule has 8 nitrogen and oxygen atoms in total. The van der Waals surface area contributed by atoms with Gasteiger partial charge in [-0.15, -0.1) is 0 Å². The van der Waals surface area contributed by atoms with Gasteiger partial charge in [0.2, 0.25) is 0 Å². The van der Waals surface area contributed by atoms with Crippen LogP contribution in [0.1, 0.15) is 17.8 Å². The standard InChI is InChI=1S/C6H4ClNO.C6H5N5O.CH4/c7-6(9)5-2-1-3-8-4-5;12-6-8-9-10-11(6)5-2-1-3-7-4-5;/h1-4H;1-4H,(H,8,10,12);1H4. The monoisotopic (exact) mass is 320 g/mol. The third-order valence-corrected chi connectivity index (χ3v) is 2.47. The number of H-pyrrole nitrogens is 1. The molecule has 0 aliphatic carbocycles. The number of nitrogens with one attached hydrogen (secondary N) is 1. The van der Waals surface area contributed by atoms with Crippen LogP contribution in [0.4, 0.5) is 0 Å². The number of carbonyl (C=O) groups excluding carboxylic acids is 1. The number of tetrazole rings is 1. The molecule has 0 amide bonds. The molecule has 0 atom stereocenters. The van der Waals surface area contributed by atoms with Crippen molar-refractivity contribution in [2.75, 3.05) is 0 Å². The maximum absolute atomic E-state index is 11.0. The Kier molecular flexibility index (Phi) is 6.58. The Bertz CT molecular complexity index is 757. The van der Waals surface area contributed by atoms with Crippen molar-refractivity contribution in [3.05, 3.63) is 65.1 Å². The van der Waals surface area contributed by atoms with Crippen molar-refractivity contribution in [1.82, 2.24) is 30.2 Å². The molecular formula is C13H13ClN6O2. The van der Waals surface area contributed by atoms with Crippen molar-refractivity contribution < 1.29 is 4.79 Å². The number of aromatic nitrogens is 6. The quantitative estimate of drug-likeness (QED) is 0.716. The SMILES string of the molecule is C.O=C(Cl)c1cccnc1.O=c1[nH]nnn1-c1cccnc1.